The van der Waals surface area contributed by atoms with Crippen molar-refractivity contribution in [2.75, 3.05) is 6.61 Å². The van der Waals surface area contributed by atoms with E-state index < -0.39 is 5.97 Å². The number of aromatic carboxylic acids is 1. The molecule has 0 radical (unpaired) electrons. The minimum Gasteiger partial charge on any atom is -0.476 e. The van der Waals surface area contributed by atoms with Crippen molar-refractivity contribution in [1.82, 2.24) is 9.97 Å². The summed E-state index contributed by atoms with van der Waals surface area (Å²) in [6.45, 7) is 6.10. The van der Waals surface area contributed by atoms with Crippen LogP contribution in [0.5, 0.6) is 5.88 Å². The van der Waals surface area contributed by atoms with Crippen molar-refractivity contribution in [3.05, 3.63) is 30.2 Å². The molecule has 15 heavy (non-hydrogen) atoms. The number of carboxylic acids is 1. The molecule has 5 nitrogen and oxygen atoms in total. The van der Waals surface area contributed by atoms with Crippen LogP contribution in [0.3, 0.4) is 0 Å². The van der Waals surface area contributed by atoms with E-state index in [4.69, 9.17) is 9.84 Å². The SMILES string of the molecule is C=C(C)CCOc1cnc(C(=O)O)cn1. The number of carbonyl (C=O) groups is 1. The summed E-state index contributed by atoms with van der Waals surface area (Å²) in [7, 11) is 0. The van der Waals surface area contributed by atoms with Gasteiger partial charge >= 0.3 is 5.97 Å². The molecule has 0 unspecified atom stereocenters. The lowest BCUT2D eigenvalue weighted by molar-refractivity contribution is 0.0690. The van der Waals surface area contributed by atoms with Crippen LogP contribution in [0.1, 0.15) is 23.8 Å². The molecule has 0 bridgehead atoms. The van der Waals surface area contributed by atoms with Crippen LogP contribution >= 0.6 is 0 Å². The molecule has 0 saturated heterocycles. The quantitative estimate of drug-likeness (QED) is 0.742. The number of hydrogen-bond donors (Lipinski definition) is 1. The first-order valence-corrected chi connectivity index (χ1v) is 4.42. The van der Waals surface area contributed by atoms with E-state index >= 15 is 0 Å². The second-order valence-corrected chi connectivity index (χ2v) is 3.10. The summed E-state index contributed by atoms with van der Waals surface area (Å²) < 4.78 is 5.22. The van der Waals surface area contributed by atoms with E-state index in [2.05, 4.69) is 16.5 Å². The Morgan fingerprint density at radius 1 is 1.53 bits per heavy atom. The molecule has 0 amide bonds. The summed E-state index contributed by atoms with van der Waals surface area (Å²) in [6, 6.07) is 0. The van der Waals surface area contributed by atoms with Crippen LogP contribution in [0, 0.1) is 0 Å². The molecular formula is C10H12N2O3. The van der Waals surface area contributed by atoms with Gasteiger partial charge in [-0.15, -0.1) is 6.58 Å². The zero-order valence-corrected chi connectivity index (χ0v) is 8.43. The van der Waals surface area contributed by atoms with Crippen LogP contribution in [0.2, 0.25) is 0 Å². The minimum absolute atomic E-state index is 0.0951. The first-order chi connectivity index (χ1) is 7.09. The number of nitrogens with zero attached hydrogens (tertiary/aromatic N) is 2. The van der Waals surface area contributed by atoms with Crippen LogP contribution < -0.4 is 4.74 Å². The predicted octanol–water partition coefficient (Wildman–Crippen LogP) is 1.52. The zero-order valence-electron chi connectivity index (χ0n) is 8.43. The molecule has 1 heterocycles. The summed E-state index contributed by atoms with van der Waals surface area (Å²) in [4.78, 5) is 17.9. The third kappa shape index (κ3) is 3.76. The molecule has 0 aliphatic carbocycles. The minimum atomic E-state index is -1.10. The molecule has 0 saturated carbocycles. The second kappa shape index (κ2) is 5.09. The summed E-state index contributed by atoms with van der Waals surface area (Å²) in [5, 5.41) is 8.57. The number of hydrogen-bond acceptors (Lipinski definition) is 4. The van der Waals surface area contributed by atoms with Crippen molar-refractivity contribution in [1.29, 1.82) is 0 Å². The van der Waals surface area contributed by atoms with E-state index in [0.717, 1.165) is 12.0 Å². The average molecular weight is 208 g/mol. The second-order valence-electron chi connectivity index (χ2n) is 3.10. The van der Waals surface area contributed by atoms with Crippen LogP contribution in [-0.4, -0.2) is 27.7 Å². The molecule has 1 rings (SSSR count). The van der Waals surface area contributed by atoms with Gasteiger partial charge in [-0.25, -0.2) is 14.8 Å². The smallest absolute Gasteiger partial charge is 0.356 e. The standard InChI is InChI=1S/C10H12N2O3/c1-7(2)3-4-15-9-6-11-8(5-12-9)10(13)14/h5-6H,1,3-4H2,2H3,(H,13,14). The van der Waals surface area contributed by atoms with E-state index in [9.17, 15) is 4.79 Å². The fourth-order valence-corrected chi connectivity index (χ4v) is 0.831. The predicted molar refractivity (Wildman–Crippen MR) is 53.9 cm³/mol. The summed E-state index contributed by atoms with van der Waals surface area (Å²) in [5.41, 5.74) is 0.923. The van der Waals surface area contributed by atoms with Gasteiger partial charge in [-0.05, 0) is 6.92 Å². The van der Waals surface area contributed by atoms with Gasteiger partial charge in [0.05, 0.1) is 19.0 Å². The van der Waals surface area contributed by atoms with Crippen LogP contribution in [0.25, 0.3) is 0 Å². The fourth-order valence-electron chi connectivity index (χ4n) is 0.831. The first-order valence-electron chi connectivity index (χ1n) is 4.42. The topological polar surface area (TPSA) is 72.3 Å². The van der Waals surface area contributed by atoms with E-state index in [1.165, 1.54) is 12.4 Å². The third-order valence-electron chi connectivity index (χ3n) is 1.63. The van der Waals surface area contributed by atoms with Crippen molar-refractivity contribution < 1.29 is 14.6 Å². The summed E-state index contributed by atoms with van der Waals surface area (Å²) in [5.74, 6) is -0.780. The number of ether oxygens (including phenoxy) is 1. The van der Waals surface area contributed by atoms with Crippen molar-refractivity contribution in [2.24, 2.45) is 0 Å². The van der Waals surface area contributed by atoms with E-state index in [0.29, 0.717) is 12.5 Å². The lowest BCUT2D eigenvalue weighted by Gasteiger charge is -2.03. The normalized spacial score (nSPS) is 9.67. The maximum absolute atomic E-state index is 10.5. The van der Waals surface area contributed by atoms with Crippen LogP contribution in [0.15, 0.2) is 24.5 Å². The largest absolute Gasteiger partial charge is 0.476 e. The Balaban J connectivity index is 2.50. The molecular weight excluding hydrogens is 196 g/mol. The lowest BCUT2D eigenvalue weighted by Crippen LogP contribution is -2.04. The Morgan fingerprint density at radius 2 is 2.27 bits per heavy atom. The summed E-state index contributed by atoms with van der Waals surface area (Å²) >= 11 is 0. The lowest BCUT2D eigenvalue weighted by atomic mass is 10.3. The van der Waals surface area contributed by atoms with Gasteiger partial charge in [0.15, 0.2) is 5.69 Å². The van der Waals surface area contributed by atoms with Crippen molar-refractivity contribution in [3.8, 4) is 5.88 Å². The van der Waals surface area contributed by atoms with Gasteiger partial charge in [0.2, 0.25) is 5.88 Å². The Bertz CT molecular complexity index is 359. The highest BCUT2D eigenvalue weighted by Gasteiger charge is 2.04. The van der Waals surface area contributed by atoms with Gasteiger partial charge in [0, 0.05) is 6.42 Å². The molecule has 1 aromatic heterocycles. The molecule has 0 aliphatic rings. The zero-order chi connectivity index (χ0) is 11.3. The van der Waals surface area contributed by atoms with Gasteiger partial charge in [0.25, 0.3) is 0 Å². The van der Waals surface area contributed by atoms with Crippen LogP contribution in [0.4, 0.5) is 0 Å². The maximum Gasteiger partial charge on any atom is 0.356 e. The van der Waals surface area contributed by atoms with Gasteiger partial charge in [-0.3, -0.25) is 0 Å². The van der Waals surface area contributed by atoms with Crippen LogP contribution in [-0.2, 0) is 0 Å². The Hall–Kier alpha value is -1.91. The third-order valence-corrected chi connectivity index (χ3v) is 1.63. The van der Waals surface area contributed by atoms with Crippen molar-refractivity contribution >= 4 is 5.97 Å². The highest BCUT2D eigenvalue weighted by molar-refractivity contribution is 5.84. The van der Waals surface area contributed by atoms with Gasteiger partial charge in [0.1, 0.15) is 0 Å². The van der Waals surface area contributed by atoms with Crippen molar-refractivity contribution in [2.45, 2.75) is 13.3 Å². The molecule has 1 N–H and O–H groups in total. The molecule has 1 aromatic rings. The molecule has 5 heteroatoms. The van der Waals surface area contributed by atoms with Crippen molar-refractivity contribution in [3.63, 3.8) is 0 Å². The Morgan fingerprint density at radius 3 is 2.73 bits per heavy atom. The van der Waals surface area contributed by atoms with Gasteiger partial charge in [-0.2, -0.15) is 0 Å². The molecule has 80 valence electrons. The first kappa shape index (κ1) is 11.2. The average Bonchev–Trinajstić information content (AvgIpc) is 2.18. The van der Waals surface area contributed by atoms with E-state index in [1.54, 1.807) is 0 Å². The van der Waals surface area contributed by atoms with E-state index in [-0.39, 0.29) is 5.69 Å². The fraction of sp³-hybridized carbons (Fsp3) is 0.300. The number of rotatable bonds is 5. The van der Waals surface area contributed by atoms with Gasteiger partial charge < -0.3 is 9.84 Å². The molecule has 0 aliphatic heterocycles. The number of carboxylic acid groups (broad SMARTS) is 1. The maximum atomic E-state index is 10.5. The van der Waals surface area contributed by atoms with E-state index in [1.807, 2.05) is 6.92 Å². The number of aromatic nitrogens is 2. The molecule has 0 atom stereocenters. The molecule has 0 spiro atoms. The summed E-state index contributed by atoms with van der Waals surface area (Å²) in [6.07, 6.45) is 3.20. The highest BCUT2D eigenvalue weighted by atomic mass is 16.5. The highest BCUT2D eigenvalue weighted by Crippen LogP contribution is 2.05. The van der Waals surface area contributed by atoms with Gasteiger partial charge in [-0.1, -0.05) is 5.57 Å². The monoisotopic (exact) mass is 208 g/mol. The Labute approximate surface area is 87.4 Å². The molecule has 0 aromatic carbocycles. The Kier molecular flexibility index (Phi) is 3.79. The molecule has 0 fully saturated rings.